The van der Waals surface area contributed by atoms with Gasteiger partial charge in [-0.05, 0) is 84.5 Å². The van der Waals surface area contributed by atoms with Gasteiger partial charge in [0.05, 0.1) is 44.3 Å². The summed E-state index contributed by atoms with van der Waals surface area (Å²) in [5, 5.41) is 9.95. The van der Waals surface area contributed by atoms with Gasteiger partial charge in [-0.2, -0.15) is 0 Å². The number of likely N-dealkylation sites (tertiary alicyclic amines) is 1. The third kappa shape index (κ3) is 14.8. The lowest BCUT2D eigenvalue weighted by atomic mass is 9.84. The van der Waals surface area contributed by atoms with Crippen molar-refractivity contribution >= 4 is 18.7 Å². The Balaban J connectivity index is 0.000000324. The summed E-state index contributed by atoms with van der Waals surface area (Å²) in [6.07, 6.45) is 21.4. The van der Waals surface area contributed by atoms with Gasteiger partial charge < -0.3 is 30.3 Å². The molecule has 232 valence electrons. The Morgan fingerprint density at radius 2 is 1.43 bits per heavy atom. The van der Waals surface area contributed by atoms with Gasteiger partial charge in [0.1, 0.15) is 0 Å². The predicted octanol–water partition coefficient (Wildman–Crippen LogP) is 4.57. The molecule has 8 heteroatoms. The minimum atomic E-state index is 0. The number of nitrogens with one attached hydrogen (secondary N) is 3. The third-order valence-electron chi connectivity index (χ3n) is 8.64. The van der Waals surface area contributed by atoms with Crippen molar-refractivity contribution in [3.63, 3.8) is 0 Å². The molecule has 0 spiro atoms. The fourth-order valence-electron chi connectivity index (χ4n) is 6.26. The van der Waals surface area contributed by atoms with Crippen LogP contribution in [0.3, 0.4) is 0 Å². The van der Waals surface area contributed by atoms with Crippen LogP contribution in [0.4, 0.5) is 0 Å². The minimum absolute atomic E-state index is 0. The first-order valence-electron chi connectivity index (χ1n) is 15.7. The van der Waals surface area contributed by atoms with Crippen molar-refractivity contribution in [2.24, 2.45) is 11.8 Å². The first kappa shape index (κ1) is 37.1. The van der Waals surface area contributed by atoms with E-state index < -0.39 is 0 Å². The van der Waals surface area contributed by atoms with Crippen molar-refractivity contribution in [1.29, 1.82) is 0 Å². The molecule has 0 radical (unpaired) electrons. The summed E-state index contributed by atoms with van der Waals surface area (Å²) < 4.78 is 11.2. The fourth-order valence-corrected chi connectivity index (χ4v) is 6.26. The van der Waals surface area contributed by atoms with Crippen molar-refractivity contribution in [2.75, 3.05) is 60.0 Å². The lowest BCUT2D eigenvalue weighted by molar-refractivity contribution is -0.111. The summed E-state index contributed by atoms with van der Waals surface area (Å²) in [6.45, 7) is 14.6. The van der Waals surface area contributed by atoms with E-state index in [-0.39, 0.29) is 18.3 Å². The van der Waals surface area contributed by atoms with E-state index in [0.717, 1.165) is 57.0 Å². The largest absolute Gasteiger partial charge is 0.374 e. The Morgan fingerprint density at radius 3 is 1.98 bits per heavy atom. The van der Waals surface area contributed by atoms with Crippen LogP contribution < -0.4 is 16.0 Å². The van der Waals surface area contributed by atoms with Gasteiger partial charge in [-0.25, -0.2) is 0 Å². The molecule has 2 aliphatic carbocycles. The second-order valence-corrected chi connectivity index (χ2v) is 11.4. The fraction of sp³-hybridized carbons (Fsp3) is 0.812. The first-order valence-corrected chi connectivity index (χ1v) is 15.7. The second kappa shape index (κ2) is 23.6. The Morgan fingerprint density at radius 1 is 0.850 bits per heavy atom. The van der Waals surface area contributed by atoms with E-state index in [1.165, 1.54) is 64.6 Å². The summed E-state index contributed by atoms with van der Waals surface area (Å²) in [5.74, 6) is 1.00. The van der Waals surface area contributed by atoms with Gasteiger partial charge >= 0.3 is 0 Å². The normalized spacial score (nSPS) is 27.9. The van der Waals surface area contributed by atoms with Crippen molar-refractivity contribution < 1.29 is 14.3 Å². The van der Waals surface area contributed by atoms with Gasteiger partial charge in [-0.3, -0.25) is 4.79 Å². The molecule has 0 aromatic rings. The zero-order chi connectivity index (χ0) is 28.1. The van der Waals surface area contributed by atoms with E-state index in [1.54, 1.807) is 0 Å². The van der Waals surface area contributed by atoms with Gasteiger partial charge in [0.25, 0.3) is 0 Å². The van der Waals surface area contributed by atoms with Crippen molar-refractivity contribution in [1.82, 2.24) is 20.9 Å². The van der Waals surface area contributed by atoms with Gasteiger partial charge in [0.15, 0.2) is 12.2 Å². The molecule has 4 atom stereocenters. The molecular formula is C32H60ClN4O3+. The van der Waals surface area contributed by atoms with Crippen LogP contribution >= 0.6 is 12.4 Å². The number of hydrogen-bond acceptors (Lipinski definition) is 7. The number of carbonyl (C=O) groups is 1. The molecule has 2 heterocycles. The molecule has 2 saturated carbocycles. The van der Waals surface area contributed by atoms with Gasteiger partial charge in [-0.1, -0.05) is 25.0 Å². The van der Waals surface area contributed by atoms with E-state index in [9.17, 15) is 4.79 Å². The molecule has 7 nitrogen and oxygen atoms in total. The number of rotatable bonds is 11. The molecule has 4 fully saturated rings. The molecule has 2 aliphatic heterocycles. The van der Waals surface area contributed by atoms with E-state index in [2.05, 4.69) is 47.5 Å². The maximum Gasteiger partial charge on any atom is 0.168 e. The van der Waals surface area contributed by atoms with Crippen molar-refractivity contribution in [3.8, 4) is 0 Å². The Hall–Kier alpha value is -0.930. The Labute approximate surface area is 252 Å². The number of nitrogens with zero attached hydrogens (tertiary/aromatic N) is 1. The molecule has 40 heavy (non-hydrogen) atoms. The van der Waals surface area contributed by atoms with E-state index >= 15 is 0 Å². The topological polar surface area (TPSA) is 74.9 Å². The second-order valence-electron chi connectivity index (χ2n) is 11.4. The van der Waals surface area contributed by atoms with Crippen LogP contribution in [0.5, 0.6) is 0 Å². The first-order chi connectivity index (χ1) is 19.1. The Kier molecular flexibility index (Phi) is 21.9. The molecule has 0 bridgehead atoms. The van der Waals surface area contributed by atoms with Crippen molar-refractivity contribution in [3.05, 3.63) is 31.7 Å². The number of hydrogen-bond donors (Lipinski definition) is 3. The predicted molar refractivity (Wildman–Crippen MR) is 170 cm³/mol. The highest BCUT2D eigenvalue weighted by molar-refractivity contribution is 5.85. The number of carbonyl (C=O) groups excluding carboxylic acids is 1. The average molecular weight is 584 g/mol. The van der Waals surface area contributed by atoms with Gasteiger partial charge in [-0.15, -0.1) is 25.6 Å². The number of ether oxygens (including phenoxy) is 2. The van der Waals surface area contributed by atoms with E-state index in [4.69, 9.17) is 9.47 Å². The SMILES string of the molecule is C=CCOC1CCN(C[C@@H]2CCCC[C@H]2NC)CC1.C=CCOC1CCNCC1.CN[C@@H]1CCC[CH+][C@H]1C=O.Cl. The summed E-state index contributed by atoms with van der Waals surface area (Å²) in [5.41, 5.74) is 0. The quantitative estimate of drug-likeness (QED) is 0.187. The number of aldehydes is 1. The summed E-state index contributed by atoms with van der Waals surface area (Å²) in [7, 11) is 4.04. The molecule has 0 amide bonds. The van der Waals surface area contributed by atoms with E-state index in [0.29, 0.717) is 31.5 Å². The maximum absolute atomic E-state index is 10.5. The number of piperidine rings is 2. The van der Waals surface area contributed by atoms with Crippen LogP contribution in [0.2, 0.25) is 0 Å². The maximum atomic E-state index is 10.5. The highest BCUT2D eigenvalue weighted by atomic mass is 35.5. The zero-order valence-electron chi connectivity index (χ0n) is 25.5. The lowest BCUT2D eigenvalue weighted by Crippen LogP contribution is -2.46. The summed E-state index contributed by atoms with van der Waals surface area (Å²) >= 11 is 0. The van der Waals surface area contributed by atoms with Crippen LogP contribution in [0.1, 0.15) is 70.6 Å². The highest BCUT2D eigenvalue weighted by Gasteiger charge is 2.30. The highest BCUT2D eigenvalue weighted by Crippen LogP contribution is 2.26. The molecule has 0 unspecified atom stereocenters. The molecule has 4 rings (SSSR count). The summed E-state index contributed by atoms with van der Waals surface area (Å²) in [4.78, 5) is 13.1. The lowest BCUT2D eigenvalue weighted by Gasteiger charge is -2.38. The zero-order valence-corrected chi connectivity index (χ0v) is 26.3. The smallest absolute Gasteiger partial charge is 0.168 e. The molecular weight excluding hydrogens is 524 g/mol. The van der Waals surface area contributed by atoms with Crippen LogP contribution in [-0.2, 0) is 14.3 Å². The van der Waals surface area contributed by atoms with Crippen molar-refractivity contribution in [2.45, 2.75) is 94.9 Å². The molecule has 2 saturated heterocycles. The standard InChI is InChI=1S/C16H30N2O.C8H14NO.C8H15NO.ClH/c1-3-12-19-15-8-10-18(11-9-15)13-14-6-4-5-7-16(14)17-2;1-9-8-5-3-2-4-7(8)6-10;1-2-7-10-8-3-5-9-6-4-8;/h3,14-17H,1,4-13H2,2H3;4,6-9H,2-3,5H2,1H3;2,8-9H,1,3-7H2;1H/q;+1;;/t14-,16+;7-,8+;;/m00../s1. The molecule has 0 aromatic heterocycles. The van der Waals surface area contributed by atoms with E-state index in [1.807, 2.05) is 19.2 Å². The van der Waals surface area contributed by atoms with Crippen LogP contribution in [0.25, 0.3) is 0 Å². The van der Waals surface area contributed by atoms with Crippen LogP contribution in [0, 0.1) is 18.3 Å². The van der Waals surface area contributed by atoms with Crippen LogP contribution in [-0.4, -0.2) is 95.5 Å². The van der Waals surface area contributed by atoms with Gasteiger partial charge in [0.2, 0.25) is 0 Å². The molecule has 0 aromatic carbocycles. The molecule has 4 aliphatic rings. The number of halogens is 1. The van der Waals surface area contributed by atoms with Gasteiger partial charge in [0, 0.05) is 25.7 Å². The minimum Gasteiger partial charge on any atom is -0.374 e. The third-order valence-corrected chi connectivity index (χ3v) is 8.64. The molecule has 3 N–H and O–H groups in total. The summed E-state index contributed by atoms with van der Waals surface area (Å²) in [6, 6.07) is 1.13. The Bertz CT molecular complexity index is 642. The average Bonchev–Trinajstić information content (AvgIpc) is 3.01. The monoisotopic (exact) mass is 583 g/mol. The van der Waals surface area contributed by atoms with Crippen LogP contribution in [0.15, 0.2) is 25.3 Å².